The number of halogens is 1. The van der Waals surface area contributed by atoms with Gasteiger partial charge in [-0.1, -0.05) is 30.3 Å². The Hall–Kier alpha value is -1.70. The van der Waals surface area contributed by atoms with Crippen LogP contribution >= 0.6 is 15.9 Å². The summed E-state index contributed by atoms with van der Waals surface area (Å²) in [4.78, 5) is 11.8. The Balaban J connectivity index is 1.53. The predicted molar refractivity (Wildman–Crippen MR) is 133 cm³/mol. The first kappa shape index (κ1) is 25.9. The predicted octanol–water partition coefficient (Wildman–Crippen LogP) is 5.67. The third-order valence-electron chi connectivity index (χ3n) is 5.96. The quantitative estimate of drug-likeness (QED) is 0.378. The highest BCUT2D eigenvalue weighted by Crippen LogP contribution is 2.35. The first-order chi connectivity index (χ1) is 15.8. The second-order valence-corrected chi connectivity index (χ2v) is 10.6. The Morgan fingerprint density at radius 2 is 1.79 bits per heavy atom. The number of carbonyl (C=O) groups is 1. The van der Waals surface area contributed by atoms with Gasteiger partial charge >= 0.3 is 5.97 Å². The standard InChI is InChI=1S/C26H37BrN2O4/c1-26(2,3)33-23(30)18-32-17-20-12-10-19(11-13-20)16-29-25(27)24(21-8-6-5-7-9-21)22(28-29)14-15-31-4/h5-9,19-20H,10-18H2,1-4H3/t19-,20+. The molecule has 0 unspecified atom stereocenters. The zero-order valence-electron chi connectivity index (χ0n) is 20.3. The minimum Gasteiger partial charge on any atom is -0.458 e. The van der Waals surface area contributed by atoms with E-state index in [9.17, 15) is 4.79 Å². The van der Waals surface area contributed by atoms with Crippen molar-refractivity contribution in [2.24, 2.45) is 11.8 Å². The average Bonchev–Trinajstić information content (AvgIpc) is 3.07. The van der Waals surface area contributed by atoms with Crippen molar-refractivity contribution >= 4 is 21.9 Å². The number of methoxy groups -OCH3 is 1. The molecule has 1 heterocycles. The van der Waals surface area contributed by atoms with E-state index in [1.165, 1.54) is 5.56 Å². The van der Waals surface area contributed by atoms with E-state index in [4.69, 9.17) is 19.3 Å². The van der Waals surface area contributed by atoms with Crippen LogP contribution in [0.25, 0.3) is 11.1 Å². The molecule has 1 fully saturated rings. The molecule has 1 aliphatic rings. The summed E-state index contributed by atoms with van der Waals surface area (Å²) in [6, 6.07) is 10.4. The van der Waals surface area contributed by atoms with Crippen molar-refractivity contribution in [3.63, 3.8) is 0 Å². The van der Waals surface area contributed by atoms with Gasteiger partial charge in [0.2, 0.25) is 0 Å². The SMILES string of the molecule is COCCc1nn(C[C@H]2CC[C@@H](COCC(=O)OC(C)(C)C)CC2)c(Br)c1-c1ccccc1. The summed E-state index contributed by atoms with van der Waals surface area (Å²) < 4.78 is 19.4. The molecule has 7 heteroatoms. The van der Waals surface area contributed by atoms with Crippen LogP contribution in [-0.2, 0) is 32.0 Å². The second kappa shape index (κ2) is 12.1. The van der Waals surface area contributed by atoms with Crippen molar-refractivity contribution in [3.05, 3.63) is 40.6 Å². The molecule has 1 saturated carbocycles. The molecule has 0 radical (unpaired) electrons. The number of esters is 1. The van der Waals surface area contributed by atoms with E-state index in [1.54, 1.807) is 7.11 Å². The number of hydrogen-bond donors (Lipinski definition) is 0. The van der Waals surface area contributed by atoms with Gasteiger partial charge in [0.1, 0.15) is 16.8 Å². The molecule has 0 amide bonds. The Labute approximate surface area is 206 Å². The van der Waals surface area contributed by atoms with Crippen LogP contribution in [-0.4, -0.2) is 48.3 Å². The molecule has 182 valence electrons. The Kier molecular flexibility index (Phi) is 9.53. The van der Waals surface area contributed by atoms with Crippen molar-refractivity contribution in [2.45, 2.75) is 65.0 Å². The number of nitrogens with zero attached hydrogens (tertiary/aromatic N) is 2. The van der Waals surface area contributed by atoms with Crippen LogP contribution in [0.4, 0.5) is 0 Å². The van der Waals surface area contributed by atoms with Crippen molar-refractivity contribution < 1.29 is 19.0 Å². The number of aromatic nitrogens is 2. The molecule has 0 saturated heterocycles. The molecule has 1 aliphatic carbocycles. The summed E-state index contributed by atoms with van der Waals surface area (Å²) in [6.07, 6.45) is 5.29. The molecule has 0 aliphatic heterocycles. The topological polar surface area (TPSA) is 62.6 Å². The average molecular weight is 521 g/mol. The van der Waals surface area contributed by atoms with E-state index in [0.717, 1.165) is 54.5 Å². The van der Waals surface area contributed by atoms with Crippen molar-refractivity contribution in [1.82, 2.24) is 9.78 Å². The molecule has 0 spiro atoms. The fourth-order valence-electron chi connectivity index (χ4n) is 4.38. The zero-order chi connectivity index (χ0) is 23.8. The van der Waals surface area contributed by atoms with Crippen molar-refractivity contribution in [3.8, 4) is 11.1 Å². The van der Waals surface area contributed by atoms with Crippen LogP contribution < -0.4 is 0 Å². The lowest BCUT2D eigenvalue weighted by molar-refractivity contribution is -0.160. The van der Waals surface area contributed by atoms with Gasteiger partial charge in [0, 0.05) is 25.6 Å². The molecule has 33 heavy (non-hydrogen) atoms. The first-order valence-electron chi connectivity index (χ1n) is 11.9. The largest absolute Gasteiger partial charge is 0.458 e. The van der Waals surface area contributed by atoms with Crippen LogP contribution in [0.2, 0.25) is 0 Å². The molecule has 0 N–H and O–H groups in total. The van der Waals surface area contributed by atoms with Gasteiger partial charge < -0.3 is 14.2 Å². The molecule has 1 aromatic heterocycles. The van der Waals surface area contributed by atoms with Gasteiger partial charge in [-0.15, -0.1) is 0 Å². The van der Waals surface area contributed by atoms with E-state index < -0.39 is 5.60 Å². The van der Waals surface area contributed by atoms with Gasteiger partial charge in [-0.05, 0) is 79.8 Å². The van der Waals surface area contributed by atoms with Gasteiger partial charge in [-0.2, -0.15) is 5.10 Å². The lowest BCUT2D eigenvalue weighted by Gasteiger charge is -2.28. The summed E-state index contributed by atoms with van der Waals surface area (Å²) in [5.41, 5.74) is 2.94. The second-order valence-electron chi connectivity index (χ2n) is 9.89. The Morgan fingerprint density at radius 3 is 2.42 bits per heavy atom. The number of hydrogen-bond acceptors (Lipinski definition) is 5. The summed E-state index contributed by atoms with van der Waals surface area (Å²) in [6.45, 7) is 7.81. The van der Waals surface area contributed by atoms with Gasteiger partial charge in [0.25, 0.3) is 0 Å². The summed E-state index contributed by atoms with van der Waals surface area (Å²) in [5.74, 6) is 0.794. The van der Waals surface area contributed by atoms with Crippen LogP contribution in [0.5, 0.6) is 0 Å². The normalized spacial score (nSPS) is 18.9. The Morgan fingerprint density at radius 1 is 1.12 bits per heavy atom. The maximum absolute atomic E-state index is 11.8. The van der Waals surface area contributed by atoms with Gasteiger partial charge in [0.15, 0.2) is 0 Å². The van der Waals surface area contributed by atoms with Gasteiger partial charge in [-0.3, -0.25) is 4.68 Å². The van der Waals surface area contributed by atoms with Crippen LogP contribution in [0, 0.1) is 11.8 Å². The maximum atomic E-state index is 11.8. The smallest absolute Gasteiger partial charge is 0.332 e. The van der Waals surface area contributed by atoms with E-state index in [-0.39, 0.29) is 12.6 Å². The lowest BCUT2D eigenvalue weighted by Crippen LogP contribution is -2.28. The van der Waals surface area contributed by atoms with Crippen molar-refractivity contribution in [1.29, 1.82) is 0 Å². The third kappa shape index (κ3) is 7.94. The molecular formula is C26H37BrN2O4. The van der Waals surface area contributed by atoms with E-state index in [1.807, 2.05) is 26.8 Å². The zero-order valence-corrected chi connectivity index (χ0v) is 21.9. The highest BCUT2D eigenvalue weighted by Gasteiger charge is 2.25. The van der Waals surface area contributed by atoms with Crippen molar-refractivity contribution in [2.75, 3.05) is 26.9 Å². The lowest BCUT2D eigenvalue weighted by atomic mass is 9.82. The molecule has 0 bridgehead atoms. The van der Waals surface area contributed by atoms with E-state index in [2.05, 4.69) is 44.9 Å². The first-order valence-corrected chi connectivity index (χ1v) is 12.6. The molecule has 0 atom stereocenters. The van der Waals surface area contributed by atoms with E-state index in [0.29, 0.717) is 25.0 Å². The summed E-state index contributed by atoms with van der Waals surface area (Å²) in [7, 11) is 1.73. The third-order valence-corrected chi connectivity index (χ3v) is 6.77. The molecule has 2 aromatic rings. The summed E-state index contributed by atoms with van der Waals surface area (Å²) in [5, 5.41) is 4.95. The molecule has 6 nitrogen and oxygen atoms in total. The highest BCUT2D eigenvalue weighted by atomic mass is 79.9. The number of benzene rings is 1. The van der Waals surface area contributed by atoms with E-state index >= 15 is 0 Å². The van der Waals surface area contributed by atoms with Gasteiger partial charge in [-0.25, -0.2) is 4.79 Å². The molecule has 3 rings (SSSR count). The van der Waals surface area contributed by atoms with Crippen LogP contribution in [0.15, 0.2) is 34.9 Å². The number of ether oxygens (including phenoxy) is 3. The molecular weight excluding hydrogens is 484 g/mol. The Bertz CT molecular complexity index is 884. The number of carbonyl (C=O) groups excluding carboxylic acids is 1. The monoisotopic (exact) mass is 520 g/mol. The van der Waals surface area contributed by atoms with Gasteiger partial charge in [0.05, 0.1) is 18.9 Å². The summed E-state index contributed by atoms with van der Waals surface area (Å²) >= 11 is 3.83. The number of rotatable bonds is 10. The molecule has 1 aromatic carbocycles. The maximum Gasteiger partial charge on any atom is 0.332 e. The minimum absolute atomic E-state index is 0.0317. The fourth-order valence-corrected chi connectivity index (χ4v) is 5.06. The minimum atomic E-state index is -0.469. The van der Waals surface area contributed by atoms with Crippen LogP contribution in [0.1, 0.15) is 52.1 Å². The van der Waals surface area contributed by atoms with Crippen LogP contribution in [0.3, 0.4) is 0 Å². The highest BCUT2D eigenvalue weighted by molar-refractivity contribution is 9.10. The fraction of sp³-hybridized carbons (Fsp3) is 0.615.